The number of carbonyl (C=O) groups excluding carboxylic acids is 2. The van der Waals surface area contributed by atoms with Crippen molar-refractivity contribution in [3.8, 4) is 0 Å². The summed E-state index contributed by atoms with van der Waals surface area (Å²) in [5, 5.41) is 2.60. The minimum absolute atomic E-state index is 0.0424. The fraction of sp³-hybridized carbons (Fsp3) is 0.636. The molecule has 0 radical (unpaired) electrons. The summed E-state index contributed by atoms with van der Waals surface area (Å²) in [7, 11) is 1.31. The number of ether oxygens (including phenoxy) is 1. The maximum Gasteiger partial charge on any atom is 0.328 e. The van der Waals surface area contributed by atoms with Crippen molar-refractivity contribution in [2.75, 3.05) is 7.11 Å². The lowest BCUT2D eigenvalue weighted by Gasteiger charge is -2.21. The van der Waals surface area contributed by atoms with Crippen LogP contribution < -0.4 is 5.32 Å². The number of nitrogens with one attached hydrogen (secondary N) is 1. The van der Waals surface area contributed by atoms with Gasteiger partial charge in [0, 0.05) is 5.57 Å². The van der Waals surface area contributed by atoms with Crippen molar-refractivity contribution in [3.63, 3.8) is 0 Å². The summed E-state index contributed by atoms with van der Waals surface area (Å²) >= 11 is 0. The zero-order valence-corrected chi connectivity index (χ0v) is 9.79. The largest absolute Gasteiger partial charge is 0.467 e. The van der Waals surface area contributed by atoms with Gasteiger partial charge in [0.2, 0.25) is 5.91 Å². The normalized spacial score (nSPS) is 13.9. The lowest BCUT2D eigenvalue weighted by Crippen LogP contribution is -2.45. The Hall–Kier alpha value is -1.32. The molecule has 0 aliphatic heterocycles. The molecule has 4 heteroatoms. The molecule has 0 saturated carbocycles. The van der Waals surface area contributed by atoms with E-state index in [1.54, 1.807) is 6.92 Å². The predicted octanol–water partition coefficient (Wildman–Crippen LogP) is 1.27. The third-order valence-corrected chi connectivity index (χ3v) is 2.34. The van der Waals surface area contributed by atoms with E-state index in [0.29, 0.717) is 5.57 Å². The van der Waals surface area contributed by atoms with Gasteiger partial charge < -0.3 is 10.1 Å². The molecule has 86 valence electrons. The van der Waals surface area contributed by atoms with Gasteiger partial charge in [-0.1, -0.05) is 26.8 Å². The SMILES string of the molecule is C=C(C)C(=O)N[C@H](C(=O)OC)C(C)CC. The van der Waals surface area contributed by atoms with Crippen LogP contribution in [0.2, 0.25) is 0 Å². The molecule has 0 heterocycles. The van der Waals surface area contributed by atoms with Crippen LogP contribution in [0.25, 0.3) is 0 Å². The molecule has 1 unspecified atom stereocenters. The Balaban J connectivity index is 4.58. The maximum atomic E-state index is 11.4. The highest BCUT2D eigenvalue weighted by molar-refractivity contribution is 5.95. The fourth-order valence-electron chi connectivity index (χ4n) is 1.06. The van der Waals surface area contributed by atoms with Gasteiger partial charge in [-0.15, -0.1) is 0 Å². The van der Waals surface area contributed by atoms with Gasteiger partial charge >= 0.3 is 5.97 Å². The van der Waals surface area contributed by atoms with E-state index in [2.05, 4.69) is 16.6 Å². The Labute approximate surface area is 90.7 Å². The molecule has 0 saturated heterocycles. The Kier molecular flexibility index (Phi) is 5.67. The first kappa shape index (κ1) is 13.7. The van der Waals surface area contributed by atoms with Crippen molar-refractivity contribution in [1.29, 1.82) is 0 Å². The van der Waals surface area contributed by atoms with E-state index < -0.39 is 12.0 Å². The summed E-state index contributed by atoms with van der Waals surface area (Å²) in [5.74, 6) is -0.689. The average molecular weight is 213 g/mol. The smallest absolute Gasteiger partial charge is 0.328 e. The van der Waals surface area contributed by atoms with Crippen molar-refractivity contribution >= 4 is 11.9 Å². The Bertz CT molecular complexity index is 261. The molecule has 4 nitrogen and oxygen atoms in total. The lowest BCUT2D eigenvalue weighted by atomic mass is 9.99. The van der Waals surface area contributed by atoms with Crippen molar-refractivity contribution in [2.24, 2.45) is 5.92 Å². The third kappa shape index (κ3) is 4.14. The standard InChI is InChI=1S/C11H19NO3/c1-6-8(4)9(11(14)15-5)12-10(13)7(2)3/h8-9H,2,6H2,1,3-5H3,(H,12,13)/t8?,9-/m0/s1. The van der Waals surface area contributed by atoms with Crippen LogP contribution in [0.1, 0.15) is 27.2 Å². The number of methoxy groups -OCH3 is 1. The van der Waals surface area contributed by atoms with E-state index in [1.165, 1.54) is 7.11 Å². The number of hydrogen-bond acceptors (Lipinski definition) is 3. The monoisotopic (exact) mass is 213 g/mol. The van der Waals surface area contributed by atoms with E-state index in [1.807, 2.05) is 13.8 Å². The molecule has 0 spiro atoms. The number of hydrogen-bond donors (Lipinski definition) is 1. The minimum Gasteiger partial charge on any atom is -0.467 e. The molecular weight excluding hydrogens is 194 g/mol. The van der Waals surface area contributed by atoms with E-state index in [4.69, 9.17) is 0 Å². The van der Waals surface area contributed by atoms with Crippen LogP contribution in [0.3, 0.4) is 0 Å². The zero-order chi connectivity index (χ0) is 12.0. The van der Waals surface area contributed by atoms with Gasteiger partial charge in [0.15, 0.2) is 0 Å². The van der Waals surface area contributed by atoms with Crippen LogP contribution in [0.5, 0.6) is 0 Å². The lowest BCUT2D eigenvalue weighted by molar-refractivity contribution is -0.146. The van der Waals surface area contributed by atoms with Crippen molar-refractivity contribution in [1.82, 2.24) is 5.32 Å². The molecule has 0 aliphatic carbocycles. The topological polar surface area (TPSA) is 55.4 Å². The summed E-state index contributed by atoms with van der Waals surface area (Å²) in [6, 6.07) is -0.593. The van der Waals surface area contributed by atoms with Gasteiger partial charge in [-0.2, -0.15) is 0 Å². The number of rotatable bonds is 5. The summed E-state index contributed by atoms with van der Waals surface area (Å²) in [6.45, 7) is 8.95. The van der Waals surface area contributed by atoms with Crippen LogP contribution >= 0.6 is 0 Å². The number of esters is 1. The first-order chi connectivity index (χ1) is 6.93. The maximum absolute atomic E-state index is 11.4. The molecule has 0 aromatic heterocycles. The van der Waals surface area contributed by atoms with E-state index in [-0.39, 0.29) is 11.8 Å². The van der Waals surface area contributed by atoms with E-state index >= 15 is 0 Å². The van der Waals surface area contributed by atoms with Crippen LogP contribution in [0, 0.1) is 5.92 Å². The molecular formula is C11H19NO3. The zero-order valence-electron chi connectivity index (χ0n) is 9.79. The van der Waals surface area contributed by atoms with E-state index in [9.17, 15) is 9.59 Å². The molecule has 15 heavy (non-hydrogen) atoms. The van der Waals surface area contributed by atoms with Crippen LogP contribution in [0.4, 0.5) is 0 Å². The number of amides is 1. The van der Waals surface area contributed by atoms with Crippen LogP contribution in [-0.2, 0) is 14.3 Å². The van der Waals surface area contributed by atoms with Crippen LogP contribution in [0.15, 0.2) is 12.2 Å². The first-order valence-corrected chi connectivity index (χ1v) is 4.98. The average Bonchev–Trinajstić information content (AvgIpc) is 2.23. The Morgan fingerprint density at radius 1 is 1.47 bits per heavy atom. The summed E-state index contributed by atoms with van der Waals surface area (Å²) < 4.78 is 4.63. The van der Waals surface area contributed by atoms with Crippen molar-refractivity contribution in [2.45, 2.75) is 33.2 Å². The Morgan fingerprint density at radius 2 is 2.00 bits per heavy atom. The first-order valence-electron chi connectivity index (χ1n) is 4.98. The van der Waals surface area contributed by atoms with Gasteiger partial charge in [0.25, 0.3) is 0 Å². The molecule has 0 bridgehead atoms. The quantitative estimate of drug-likeness (QED) is 0.552. The second-order valence-electron chi connectivity index (χ2n) is 3.64. The summed E-state index contributed by atoms with van der Waals surface area (Å²) in [4.78, 5) is 22.8. The van der Waals surface area contributed by atoms with Crippen molar-refractivity contribution < 1.29 is 14.3 Å². The second kappa shape index (κ2) is 6.22. The highest BCUT2D eigenvalue weighted by atomic mass is 16.5. The molecule has 0 aliphatic rings. The molecule has 1 N–H and O–H groups in total. The van der Waals surface area contributed by atoms with Gasteiger partial charge in [0.05, 0.1) is 7.11 Å². The fourth-order valence-corrected chi connectivity index (χ4v) is 1.06. The molecule has 0 fully saturated rings. The summed E-state index contributed by atoms with van der Waals surface area (Å²) in [5.41, 5.74) is 0.382. The van der Waals surface area contributed by atoms with Gasteiger partial charge in [0.1, 0.15) is 6.04 Å². The van der Waals surface area contributed by atoms with Gasteiger partial charge in [-0.05, 0) is 12.8 Å². The predicted molar refractivity (Wildman–Crippen MR) is 58.2 cm³/mol. The van der Waals surface area contributed by atoms with Gasteiger partial charge in [-0.25, -0.2) is 4.79 Å². The highest BCUT2D eigenvalue weighted by Crippen LogP contribution is 2.09. The van der Waals surface area contributed by atoms with Crippen molar-refractivity contribution in [3.05, 3.63) is 12.2 Å². The minimum atomic E-state index is -0.593. The Morgan fingerprint density at radius 3 is 2.33 bits per heavy atom. The molecule has 0 rings (SSSR count). The highest BCUT2D eigenvalue weighted by Gasteiger charge is 2.26. The number of carbonyl (C=O) groups is 2. The summed E-state index contributed by atoms with van der Waals surface area (Å²) in [6.07, 6.45) is 0.788. The molecule has 1 amide bonds. The second-order valence-corrected chi connectivity index (χ2v) is 3.64. The molecule has 2 atom stereocenters. The molecule has 0 aromatic rings. The van der Waals surface area contributed by atoms with Crippen LogP contribution in [-0.4, -0.2) is 25.0 Å². The van der Waals surface area contributed by atoms with E-state index in [0.717, 1.165) is 6.42 Å². The molecule has 0 aromatic carbocycles. The van der Waals surface area contributed by atoms with Gasteiger partial charge in [-0.3, -0.25) is 4.79 Å². The third-order valence-electron chi connectivity index (χ3n) is 2.34.